The van der Waals surface area contributed by atoms with E-state index in [1.165, 1.54) is 6.07 Å². The van der Waals surface area contributed by atoms with Gasteiger partial charge in [-0.1, -0.05) is 0 Å². The number of benzene rings is 1. The molecule has 0 aliphatic rings. The molecule has 0 atom stereocenters. The number of rotatable bonds is 3. The number of hydrogen-bond acceptors (Lipinski definition) is 3. The van der Waals surface area contributed by atoms with Crippen molar-refractivity contribution in [2.24, 2.45) is 0 Å². The van der Waals surface area contributed by atoms with E-state index in [4.69, 9.17) is 10.5 Å². The van der Waals surface area contributed by atoms with Crippen molar-refractivity contribution < 1.29 is 17.9 Å². The number of H-pyrrole nitrogens is 1. The molecule has 20 heavy (non-hydrogen) atoms. The minimum atomic E-state index is -4.45. The molecule has 0 aliphatic heterocycles. The van der Waals surface area contributed by atoms with Gasteiger partial charge < -0.3 is 15.5 Å². The van der Waals surface area contributed by atoms with Gasteiger partial charge in [0, 0.05) is 5.56 Å². The molecule has 0 amide bonds. The highest BCUT2D eigenvalue weighted by molar-refractivity contribution is 5.66. The van der Waals surface area contributed by atoms with Crippen LogP contribution in [0.15, 0.2) is 24.4 Å². The lowest BCUT2D eigenvalue weighted by atomic mass is 10.2. The van der Waals surface area contributed by atoms with Gasteiger partial charge in [0.05, 0.1) is 18.0 Å². The summed E-state index contributed by atoms with van der Waals surface area (Å²) in [5.41, 5.74) is 5.73. The number of imidazole rings is 1. The first-order valence-corrected chi connectivity index (χ1v) is 5.96. The maximum Gasteiger partial charge on any atom is 0.432 e. The van der Waals surface area contributed by atoms with Gasteiger partial charge in [-0.25, -0.2) is 4.98 Å². The highest BCUT2D eigenvalue weighted by Crippen LogP contribution is 2.31. The molecule has 4 nitrogen and oxygen atoms in total. The number of ether oxygens (including phenoxy) is 1. The largest absolute Gasteiger partial charge is 0.489 e. The highest BCUT2D eigenvalue weighted by Gasteiger charge is 2.33. The van der Waals surface area contributed by atoms with Gasteiger partial charge in [-0.3, -0.25) is 0 Å². The molecule has 1 aromatic carbocycles. The Bertz CT molecular complexity index is 605. The Morgan fingerprint density at radius 2 is 2.00 bits per heavy atom. The Balaban J connectivity index is 2.30. The first-order chi connectivity index (χ1) is 9.27. The van der Waals surface area contributed by atoms with E-state index in [1.54, 1.807) is 12.1 Å². The van der Waals surface area contributed by atoms with Gasteiger partial charge in [-0.2, -0.15) is 13.2 Å². The number of nitrogen functional groups attached to an aromatic ring is 1. The summed E-state index contributed by atoms with van der Waals surface area (Å²) in [4.78, 5) is 5.94. The summed E-state index contributed by atoms with van der Waals surface area (Å²) in [6.07, 6.45) is -3.73. The van der Waals surface area contributed by atoms with Crippen LogP contribution < -0.4 is 10.5 Å². The normalized spacial score (nSPS) is 11.9. The first-order valence-electron chi connectivity index (χ1n) is 5.96. The molecule has 0 bridgehead atoms. The molecular weight excluding hydrogens is 271 g/mol. The number of nitrogens with zero attached hydrogens (tertiary/aromatic N) is 1. The van der Waals surface area contributed by atoms with Gasteiger partial charge in [0.15, 0.2) is 0 Å². The Morgan fingerprint density at radius 3 is 2.50 bits per heavy atom. The Hall–Kier alpha value is -2.18. The summed E-state index contributed by atoms with van der Waals surface area (Å²) in [6.45, 7) is 3.71. The zero-order chi connectivity index (χ0) is 14.9. The molecule has 7 heteroatoms. The number of alkyl halides is 3. The van der Waals surface area contributed by atoms with Gasteiger partial charge in [0.2, 0.25) is 0 Å². The maximum atomic E-state index is 12.5. The topological polar surface area (TPSA) is 63.9 Å². The number of halogens is 3. The van der Waals surface area contributed by atoms with Gasteiger partial charge in [-0.05, 0) is 32.0 Å². The molecular formula is C13H14F3N3O. The molecule has 0 saturated carbocycles. The number of hydrogen-bond donors (Lipinski definition) is 2. The number of aromatic amines is 1. The first kappa shape index (κ1) is 14.2. The fraction of sp³-hybridized carbons (Fsp3) is 0.308. The average molecular weight is 285 g/mol. The van der Waals surface area contributed by atoms with E-state index >= 15 is 0 Å². The van der Waals surface area contributed by atoms with E-state index in [1.807, 2.05) is 13.8 Å². The van der Waals surface area contributed by atoms with Crippen LogP contribution in [0.5, 0.6) is 5.75 Å². The summed E-state index contributed by atoms with van der Waals surface area (Å²) in [5, 5.41) is 0. The summed E-state index contributed by atoms with van der Waals surface area (Å²) in [7, 11) is 0. The van der Waals surface area contributed by atoms with Crippen LogP contribution in [0.1, 0.15) is 19.5 Å². The second-order valence-electron chi connectivity index (χ2n) is 4.56. The lowest BCUT2D eigenvalue weighted by Crippen LogP contribution is -2.07. The number of anilines is 1. The molecule has 0 saturated heterocycles. The third kappa shape index (κ3) is 3.04. The summed E-state index contributed by atoms with van der Waals surface area (Å²) < 4.78 is 42.9. The van der Waals surface area contributed by atoms with E-state index in [0.29, 0.717) is 17.0 Å². The van der Waals surface area contributed by atoms with E-state index in [0.717, 1.165) is 6.20 Å². The molecule has 0 spiro atoms. The third-order valence-corrected chi connectivity index (χ3v) is 2.53. The van der Waals surface area contributed by atoms with E-state index in [-0.39, 0.29) is 11.9 Å². The summed E-state index contributed by atoms with van der Waals surface area (Å²) in [5.74, 6) is 0.603. The Labute approximate surface area is 113 Å². The van der Waals surface area contributed by atoms with Crippen LogP contribution in [0.25, 0.3) is 11.4 Å². The second-order valence-corrected chi connectivity index (χ2v) is 4.56. The van der Waals surface area contributed by atoms with E-state index < -0.39 is 11.9 Å². The SMILES string of the molecule is CC(C)Oc1ccc(-c2ncc(C(F)(F)F)[nH]2)cc1N. The molecule has 1 aromatic heterocycles. The van der Waals surface area contributed by atoms with E-state index in [2.05, 4.69) is 9.97 Å². The highest BCUT2D eigenvalue weighted by atomic mass is 19.4. The number of nitrogens with one attached hydrogen (secondary N) is 1. The molecule has 0 aliphatic carbocycles. The molecule has 108 valence electrons. The van der Waals surface area contributed by atoms with Crippen molar-refractivity contribution in [2.45, 2.75) is 26.1 Å². The molecule has 2 rings (SSSR count). The monoisotopic (exact) mass is 285 g/mol. The smallest absolute Gasteiger partial charge is 0.432 e. The van der Waals surface area contributed by atoms with Crippen LogP contribution in [0.3, 0.4) is 0 Å². The van der Waals surface area contributed by atoms with Crippen LogP contribution >= 0.6 is 0 Å². The van der Waals surface area contributed by atoms with Crippen LogP contribution in [0, 0.1) is 0 Å². The van der Waals surface area contributed by atoms with Gasteiger partial charge in [0.25, 0.3) is 0 Å². The van der Waals surface area contributed by atoms with Crippen molar-refractivity contribution in [1.29, 1.82) is 0 Å². The van der Waals surface area contributed by atoms with Gasteiger partial charge in [-0.15, -0.1) is 0 Å². The van der Waals surface area contributed by atoms with Crippen molar-refractivity contribution >= 4 is 5.69 Å². The molecule has 0 radical (unpaired) electrons. The standard InChI is InChI=1S/C13H14F3N3O/c1-7(2)20-10-4-3-8(5-9(10)17)12-18-6-11(19-12)13(14,15)16/h3-7H,17H2,1-2H3,(H,18,19). The Kier molecular flexibility index (Phi) is 3.61. The van der Waals surface area contributed by atoms with Crippen molar-refractivity contribution in [3.8, 4) is 17.1 Å². The van der Waals surface area contributed by atoms with Gasteiger partial charge in [0.1, 0.15) is 17.3 Å². The lowest BCUT2D eigenvalue weighted by molar-refractivity contribution is -0.140. The van der Waals surface area contributed by atoms with Crippen LogP contribution in [-0.2, 0) is 6.18 Å². The fourth-order valence-corrected chi connectivity index (χ4v) is 1.67. The molecule has 2 aromatic rings. The molecule has 3 N–H and O–H groups in total. The van der Waals surface area contributed by atoms with Crippen molar-refractivity contribution in [1.82, 2.24) is 9.97 Å². The number of nitrogens with two attached hydrogens (primary N) is 1. The lowest BCUT2D eigenvalue weighted by Gasteiger charge is -2.12. The molecule has 0 fully saturated rings. The van der Waals surface area contributed by atoms with Crippen molar-refractivity contribution in [2.75, 3.05) is 5.73 Å². The summed E-state index contributed by atoms with van der Waals surface area (Å²) in [6, 6.07) is 4.74. The molecule has 0 unspecified atom stereocenters. The number of aromatic nitrogens is 2. The van der Waals surface area contributed by atoms with Crippen LogP contribution in [-0.4, -0.2) is 16.1 Å². The van der Waals surface area contributed by atoms with E-state index in [9.17, 15) is 13.2 Å². The molecule has 1 heterocycles. The minimum absolute atomic E-state index is 0.0383. The fourth-order valence-electron chi connectivity index (χ4n) is 1.67. The maximum absolute atomic E-state index is 12.5. The zero-order valence-corrected chi connectivity index (χ0v) is 11.0. The summed E-state index contributed by atoms with van der Waals surface area (Å²) >= 11 is 0. The van der Waals surface area contributed by atoms with Crippen LogP contribution in [0.4, 0.5) is 18.9 Å². The minimum Gasteiger partial charge on any atom is -0.489 e. The average Bonchev–Trinajstić information content (AvgIpc) is 2.80. The zero-order valence-electron chi connectivity index (χ0n) is 11.0. The van der Waals surface area contributed by atoms with Crippen molar-refractivity contribution in [3.63, 3.8) is 0 Å². The third-order valence-electron chi connectivity index (χ3n) is 2.53. The van der Waals surface area contributed by atoms with Crippen LogP contribution in [0.2, 0.25) is 0 Å². The quantitative estimate of drug-likeness (QED) is 0.849. The second kappa shape index (κ2) is 5.07. The Morgan fingerprint density at radius 1 is 1.30 bits per heavy atom. The van der Waals surface area contributed by atoms with Gasteiger partial charge >= 0.3 is 6.18 Å². The van der Waals surface area contributed by atoms with Crippen molar-refractivity contribution in [3.05, 3.63) is 30.1 Å². The predicted octanol–water partition coefficient (Wildman–Crippen LogP) is 3.46. The predicted molar refractivity (Wildman–Crippen MR) is 69.2 cm³/mol.